The van der Waals surface area contributed by atoms with Gasteiger partial charge in [0.15, 0.2) is 0 Å². The molecule has 1 unspecified atom stereocenters. The van der Waals surface area contributed by atoms with Gasteiger partial charge < -0.3 is 26.2 Å². The predicted molar refractivity (Wildman–Crippen MR) is 90.7 cm³/mol. The second-order valence-electron chi connectivity index (χ2n) is 6.65. The molecule has 8 nitrogen and oxygen atoms in total. The number of β-lactam (4-membered cyclic amide) rings is 1. The van der Waals surface area contributed by atoms with Crippen LogP contribution in [0.15, 0.2) is 24.3 Å². The molecule has 0 aliphatic carbocycles. The molecule has 2 fully saturated rings. The van der Waals surface area contributed by atoms with Gasteiger partial charge in [-0.1, -0.05) is 12.1 Å². The fourth-order valence-electron chi connectivity index (χ4n) is 3.22. The number of thioether (sulfide) groups is 1. The third kappa shape index (κ3) is 2.83. The van der Waals surface area contributed by atoms with Crippen LogP contribution in [0.5, 0.6) is 5.75 Å². The number of nitrogens with two attached hydrogens (primary N) is 1. The van der Waals surface area contributed by atoms with Crippen molar-refractivity contribution in [3.8, 4) is 5.75 Å². The number of hydrogen-bond acceptors (Lipinski definition) is 6. The second kappa shape index (κ2) is 5.92. The summed E-state index contributed by atoms with van der Waals surface area (Å²) in [5.41, 5.74) is 6.41. The first-order chi connectivity index (χ1) is 11.6. The van der Waals surface area contributed by atoms with Crippen molar-refractivity contribution in [3.63, 3.8) is 0 Å². The summed E-state index contributed by atoms with van der Waals surface area (Å²) in [6.07, 6.45) is 0. The maximum atomic E-state index is 12.3. The van der Waals surface area contributed by atoms with E-state index in [2.05, 4.69) is 5.32 Å². The maximum absolute atomic E-state index is 12.3. The molecule has 134 valence electrons. The Balaban J connectivity index is 1.70. The molecule has 2 aliphatic heterocycles. The van der Waals surface area contributed by atoms with Crippen molar-refractivity contribution in [1.82, 2.24) is 10.2 Å². The van der Waals surface area contributed by atoms with Crippen LogP contribution in [0, 0.1) is 0 Å². The molecule has 5 N–H and O–H groups in total. The van der Waals surface area contributed by atoms with Crippen molar-refractivity contribution in [2.75, 3.05) is 0 Å². The van der Waals surface area contributed by atoms with E-state index in [0.717, 1.165) is 0 Å². The van der Waals surface area contributed by atoms with E-state index in [0.29, 0.717) is 5.56 Å². The van der Waals surface area contributed by atoms with Crippen LogP contribution in [-0.4, -0.2) is 55.1 Å². The number of amides is 2. The average Bonchev–Trinajstić information content (AvgIpc) is 2.80. The molecule has 0 radical (unpaired) electrons. The van der Waals surface area contributed by atoms with Crippen molar-refractivity contribution < 1.29 is 24.6 Å². The highest BCUT2D eigenvalue weighted by atomic mass is 32.2. The molecule has 2 aliphatic rings. The third-order valence-electron chi connectivity index (χ3n) is 4.51. The van der Waals surface area contributed by atoms with Gasteiger partial charge >= 0.3 is 5.97 Å². The molecule has 4 atom stereocenters. The Hall–Kier alpha value is -2.26. The maximum Gasteiger partial charge on any atom is 0.327 e. The number of rotatable bonds is 4. The molecule has 2 amide bonds. The largest absolute Gasteiger partial charge is 0.508 e. The van der Waals surface area contributed by atoms with Crippen molar-refractivity contribution in [2.24, 2.45) is 5.73 Å². The van der Waals surface area contributed by atoms with E-state index in [1.807, 2.05) is 0 Å². The van der Waals surface area contributed by atoms with Gasteiger partial charge in [-0.15, -0.1) is 11.8 Å². The van der Waals surface area contributed by atoms with Gasteiger partial charge in [0, 0.05) is 4.75 Å². The number of phenolic OH excluding ortho intramolecular Hbond substituents is 1. The molecule has 1 aromatic rings. The summed E-state index contributed by atoms with van der Waals surface area (Å²) < 4.78 is -0.648. The van der Waals surface area contributed by atoms with Crippen LogP contribution in [0.25, 0.3) is 0 Å². The SMILES string of the molecule is CC1(C)S[C@@H]2[C@H](NC(=O)[C@H](N)c3ccc(O)cc3)C(=O)N2C1C(=O)O. The number of carbonyl (C=O) groups excluding carboxylic acids is 2. The normalized spacial score (nSPS) is 28.0. The zero-order valence-electron chi connectivity index (χ0n) is 13.7. The molecule has 0 bridgehead atoms. The number of benzene rings is 1. The summed E-state index contributed by atoms with van der Waals surface area (Å²) in [4.78, 5) is 37.5. The number of aliphatic carboxylic acids is 1. The lowest BCUT2D eigenvalue weighted by Gasteiger charge is -2.43. The number of nitrogens with one attached hydrogen (secondary N) is 1. The fourth-order valence-corrected chi connectivity index (χ4v) is 4.85. The molecule has 2 saturated heterocycles. The van der Waals surface area contributed by atoms with Crippen LogP contribution in [0.4, 0.5) is 0 Å². The first kappa shape index (κ1) is 17.6. The molecule has 25 heavy (non-hydrogen) atoms. The summed E-state index contributed by atoms with van der Waals surface area (Å²) in [5, 5.41) is 20.9. The zero-order valence-corrected chi connectivity index (χ0v) is 14.5. The van der Waals surface area contributed by atoms with Gasteiger partial charge in [-0.25, -0.2) is 4.79 Å². The summed E-state index contributed by atoms with van der Waals surface area (Å²) in [5.74, 6) is -1.94. The average molecular weight is 365 g/mol. The monoisotopic (exact) mass is 365 g/mol. The van der Waals surface area contributed by atoms with Crippen LogP contribution in [-0.2, 0) is 14.4 Å². The molecule has 0 spiro atoms. The van der Waals surface area contributed by atoms with Crippen LogP contribution >= 0.6 is 11.8 Å². The Morgan fingerprint density at radius 2 is 1.92 bits per heavy atom. The highest BCUT2D eigenvalue weighted by Crippen LogP contribution is 2.50. The number of fused-ring (bicyclic) bond motifs is 1. The number of phenols is 1. The van der Waals surface area contributed by atoms with E-state index in [-0.39, 0.29) is 5.75 Å². The van der Waals surface area contributed by atoms with Gasteiger partial charge in [-0.3, -0.25) is 9.59 Å². The summed E-state index contributed by atoms with van der Waals surface area (Å²) in [7, 11) is 0. The second-order valence-corrected chi connectivity index (χ2v) is 8.42. The summed E-state index contributed by atoms with van der Waals surface area (Å²) in [6.45, 7) is 3.53. The molecular weight excluding hydrogens is 346 g/mol. The number of hydrogen-bond donors (Lipinski definition) is 4. The summed E-state index contributed by atoms with van der Waals surface area (Å²) in [6, 6.07) is 3.21. The highest BCUT2D eigenvalue weighted by molar-refractivity contribution is 8.01. The van der Waals surface area contributed by atoms with Crippen molar-refractivity contribution in [1.29, 1.82) is 0 Å². The number of nitrogens with zero attached hydrogens (tertiary/aromatic N) is 1. The zero-order chi connectivity index (χ0) is 18.5. The number of carboxylic acid groups (broad SMARTS) is 1. The van der Waals surface area contributed by atoms with Crippen molar-refractivity contribution >= 4 is 29.5 Å². The van der Waals surface area contributed by atoms with Crippen LogP contribution in [0.2, 0.25) is 0 Å². The fraction of sp³-hybridized carbons (Fsp3) is 0.438. The van der Waals surface area contributed by atoms with E-state index < -0.39 is 46.0 Å². The Kier molecular flexibility index (Phi) is 4.16. The van der Waals surface area contributed by atoms with Crippen LogP contribution < -0.4 is 11.1 Å². The predicted octanol–water partition coefficient (Wildman–Crippen LogP) is 0.0237. The number of carboxylic acids is 1. The standard InChI is InChI=1S/C16H19N3O5S/c1-16(2)11(15(23)24)19-13(22)10(14(19)25-16)18-12(21)9(17)7-3-5-8(20)6-4-7/h3-6,9-11,14,20H,17H2,1-2H3,(H,18,21)(H,23,24)/t9-,10-,11?,14-/m1/s1. The minimum Gasteiger partial charge on any atom is -0.508 e. The minimum atomic E-state index is -1.06. The lowest BCUT2D eigenvalue weighted by atomic mass is 9.95. The number of carbonyl (C=O) groups is 3. The first-order valence-corrected chi connectivity index (χ1v) is 8.59. The molecule has 2 heterocycles. The van der Waals surface area contributed by atoms with Crippen molar-refractivity contribution in [2.45, 2.75) is 42.1 Å². The lowest BCUT2D eigenvalue weighted by molar-refractivity contribution is -0.161. The third-order valence-corrected chi connectivity index (χ3v) is 6.08. The highest BCUT2D eigenvalue weighted by Gasteiger charge is 2.64. The number of aromatic hydroxyl groups is 1. The van der Waals surface area contributed by atoms with Gasteiger partial charge in [-0.2, -0.15) is 0 Å². The Morgan fingerprint density at radius 3 is 2.48 bits per heavy atom. The molecular formula is C16H19N3O5S. The Bertz CT molecular complexity index is 736. The van der Waals surface area contributed by atoms with Crippen LogP contribution in [0.3, 0.4) is 0 Å². The smallest absolute Gasteiger partial charge is 0.327 e. The van der Waals surface area contributed by atoms with Gasteiger partial charge in [0.1, 0.15) is 29.2 Å². The Morgan fingerprint density at radius 1 is 1.32 bits per heavy atom. The molecule has 3 rings (SSSR count). The van der Waals surface area contributed by atoms with E-state index in [1.54, 1.807) is 13.8 Å². The van der Waals surface area contributed by atoms with Gasteiger partial charge in [0.25, 0.3) is 0 Å². The van der Waals surface area contributed by atoms with E-state index in [9.17, 15) is 24.6 Å². The lowest BCUT2D eigenvalue weighted by Crippen LogP contribution is -2.71. The van der Waals surface area contributed by atoms with E-state index in [1.165, 1.54) is 40.9 Å². The molecule has 1 aromatic carbocycles. The summed E-state index contributed by atoms with van der Waals surface area (Å²) >= 11 is 1.35. The van der Waals surface area contributed by atoms with Crippen molar-refractivity contribution in [3.05, 3.63) is 29.8 Å². The topological polar surface area (TPSA) is 133 Å². The minimum absolute atomic E-state index is 0.0606. The van der Waals surface area contributed by atoms with E-state index >= 15 is 0 Å². The van der Waals surface area contributed by atoms with Gasteiger partial charge in [0.2, 0.25) is 11.8 Å². The molecule has 9 heteroatoms. The Labute approximate surface area is 148 Å². The quantitative estimate of drug-likeness (QED) is 0.553. The van der Waals surface area contributed by atoms with Crippen LogP contribution in [0.1, 0.15) is 25.5 Å². The van der Waals surface area contributed by atoms with Gasteiger partial charge in [-0.05, 0) is 31.5 Å². The molecule has 0 aromatic heterocycles. The first-order valence-electron chi connectivity index (χ1n) is 7.71. The van der Waals surface area contributed by atoms with Gasteiger partial charge in [0.05, 0.1) is 0 Å². The molecule has 0 saturated carbocycles. The van der Waals surface area contributed by atoms with E-state index in [4.69, 9.17) is 5.73 Å².